The van der Waals surface area contributed by atoms with Crippen LogP contribution in [0.1, 0.15) is 39.0 Å². The molecule has 0 atom stereocenters. The number of hydrogen-bond donors (Lipinski definition) is 1. The fourth-order valence-electron chi connectivity index (χ4n) is 2.10. The van der Waals surface area contributed by atoms with Crippen molar-refractivity contribution in [3.05, 3.63) is 0 Å². The summed E-state index contributed by atoms with van der Waals surface area (Å²) in [7, 11) is 0. The smallest absolute Gasteiger partial charge is 0.248 e. The van der Waals surface area contributed by atoms with Crippen molar-refractivity contribution in [3.8, 4) is 0 Å². The van der Waals surface area contributed by atoms with Crippen LogP contribution in [0.15, 0.2) is 0 Å². The van der Waals surface area contributed by atoms with Gasteiger partial charge in [-0.3, -0.25) is 4.79 Å². The van der Waals surface area contributed by atoms with Gasteiger partial charge in [-0.05, 0) is 32.2 Å². The maximum atomic E-state index is 11.9. The van der Waals surface area contributed by atoms with Gasteiger partial charge in [0.2, 0.25) is 5.91 Å². The summed E-state index contributed by atoms with van der Waals surface area (Å²) in [6.45, 7) is 5.98. The number of amides is 1. The van der Waals surface area contributed by atoms with Gasteiger partial charge >= 0.3 is 0 Å². The van der Waals surface area contributed by atoms with Gasteiger partial charge in [-0.15, -0.1) is 12.4 Å². The Hall–Kier alpha value is -0.360. The minimum Gasteiger partial charge on any atom is -0.378 e. The second-order valence-corrected chi connectivity index (χ2v) is 5.00. The van der Waals surface area contributed by atoms with Crippen molar-refractivity contribution in [2.24, 2.45) is 5.73 Å². The predicted molar refractivity (Wildman–Crippen MR) is 82.2 cm³/mol. The number of nitrogens with two attached hydrogens (primary N) is 1. The summed E-state index contributed by atoms with van der Waals surface area (Å²) in [5.41, 5.74) is 5.43. The van der Waals surface area contributed by atoms with E-state index in [1.54, 1.807) is 0 Å². The molecule has 1 aliphatic heterocycles. The van der Waals surface area contributed by atoms with E-state index in [1.807, 2.05) is 4.90 Å². The highest BCUT2D eigenvalue weighted by atomic mass is 35.5. The first-order valence-electron chi connectivity index (χ1n) is 7.45. The summed E-state index contributed by atoms with van der Waals surface area (Å²) in [5.74, 6) is 0.108. The lowest BCUT2D eigenvalue weighted by Crippen LogP contribution is -2.42. The van der Waals surface area contributed by atoms with Crippen LogP contribution < -0.4 is 5.73 Å². The van der Waals surface area contributed by atoms with E-state index in [9.17, 15) is 4.79 Å². The van der Waals surface area contributed by atoms with Crippen molar-refractivity contribution in [1.82, 2.24) is 4.90 Å². The lowest BCUT2D eigenvalue weighted by atomic mass is 10.1. The number of carbonyl (C=O) groups is 1. The number of carbonyl (C=O) groups excluding carboxylic acids is 1. The SMILES string of the molecule is CCCCOCC(=O)N1CCC(OCCCN)CC1.Cl. The molecule has 0 saturated carbocycles. The van der Waals surface area contributed by atoms with E-state index in [0.29, 0.717) is 13.2 Å². The summed E-state index contributed by atoms with van der Waals surface area (Å²) < 4.78 is 11.1. The Balaban J connectivity index is 0.00000361. The molecule has 5 nitrogen and oxygen atoms in total. The molecule has 0 radical (unpaired) electrons. The number of rotatable bonds is 9. The molecule has 0 unspecified atom stereocenters. The standard InChI is InChI=1S/C14H28N2O3.ClH/c1-2-3-10-18-12-14(17)16-8-5-13(6-9-16)19-11-4-7-15;/h13H,2-12,15H2,1H3;1H. The normalized spacial score (nSPS) is 16.0. The number of hydrogen-bond acceptors (Lipinski definition) is 4. The molecule has 0 aromatic carbocycles. The van der Waals surface area contributed by atoms with E-state index in [0.717, 1.165) is 51.8 Å². The molecule has 0 aromatic heterocycles. The third-order valence-corrected chi connectivity index (χ3v) is 3.36. The summed E-state index contributed by atoms with van der Waals surface area (Å²) in [6.07, 6.45) is 5.15. The molecule has 1 aliphatic rings. The van der Waals surface area contributed by atoms with Crippen LogP contribution in [0, 0.1) is 0 Å². The van der Waals surface area contributed by atoms with E-state index < -0.39 is 0 Å². The van der Waals surface area contributed by atoms with Crippen LogP contribution in [0.3, 0.4) is 0 Å². The molecule has 0 spiro atoms. The first-order chi connectivity index (χ1) is 9.27. The summed E-state index contributed by atoms with van der Waals surface area (Å²) in [6, 6.07) is 0. The number of ether oxygens (including phenoxy) is 2. The number of likely N-dealkylation sites (tertiary alicyclic amines) is 1. The van der Waals surface area contributed by atoms with E-state index in [-0.39, 0.29) is 31.0 Å². The summed E-state index contributed by atoms with van der Waals surface area (Å²) in [4.78, 5) is 13.8. The van der Waals surface area contributed by atoms with E-state index in [4.69, 9.17) is 15.2 Å². The van der Waals surface area contributed by atoms with Gasteiger partial charge in [-0.1, -0.05) is 13.3 Å². The molecule has 1 rings (SSSR count). The van der Waals surface area contributed by atoms with Crippen molar-refractivity contribution in [2.45, 2.75) is 45.1 Å². The van der Waals surface area contributed by atoms with Crippen LogP contribution in [0.5, 0.6) is 0 Å². The van der Waals surface area contributed by atoms with Gasteiger partial charge in [0.1, 0.15) is 6.61 Å². The molecule has 1 amide bonds. The molecule has 0 aliphatic carbocycles. The molecule has 120 valence electrons. The van der Waals surface area contributed by atoms with Crippen molar-refractivity contribution >= 4 is 18.3 Å². The second kappa shape index (κ2) is 12.4. The zero-order valence-electron chi connectivity index (χ0n) is 12.5. The summed E-state index contributed by atoms with van der Waals surface area (Å²) in [5, 5.41) is 0. The van der Waals surface area contributed by atoms with Gasteiger partial charge in [0.05, 0.1) is 6.10 Å². The average Bonchev–Trinajstić information content (AvgIpc) is 2.44. The van der Waals surface area contributed by atoms with Crippen molar-refractivity contribution in [1.29, 1.82) is 0 Å². The zero-order chi connectivity index (χ0) is 13.9. The van der Waals surface area contributed by atoms with E-state index in [1.165, 1.54) is 0 Å². The molecule has 2 N–H and O–H groups in total. The van der Waals surface area contributed by atoms with Gasteiger partial charge in [0, 0.05) is 26.3 Å². The van der Waals surface area contributed by atoms with Crippen molar-refractivity contribution in [2.75, 3.05) is 39.5 Å². The first kappa shape index (κ1) is 19.6. The lowest BCUT2D eigenvalue weighted by molar-refractivity contribution is -0.138. The highest BCUT2D eigenvalue weighted by Crippen LogP contribution is 2.14. The fraction of sp³-hybridized carbons (Fsp3) is 0.929. The topological polar surface area (TPSA) is 64.8 Å². The van der Waals surface area contributed by atoms with Gasteiger partial charge < -0.3 is 20.1 Å². The Kier molecular flexibility index (Phi) is 12.2. The highest BCUT2D eigenvalue weighted by Gasteiger charge is 2.22. The monoisotopic (exact) mass is 308 g/mol. The Morgan fingerprint density at radius 2 is 1.95 bits per heavy atom. The minimum absolute atomic E-state index is 0. The summed E-state index contributed by atoms with van der Waals surface area (Å²) >= 11 is 0. The van der Waals surface area contributed by atoms with Crippen LogP contribution in [-0.2, 0) is 14.3 Å². The van der Waals surface area contributed by atoms with Crippen molar-refractivity contribution < 1.29 is 14.3 Å². The number of unbranched alkanes of at least 4 members (excludes halogenated alkanes) is 1. The van der Waals surface area contributed by atoms with Gasteiger partial charge in [0.15, 0.2) is 0 Å². The van der Waals surface area contributed by atoms with Crippen LogP contribution in [0.25, 0.3) is 0 Å². The second-order valence-electron chi connectivity index (χ2n) is 5.00. The molecule has 0 aromatic rings. The van der Waals surface area contributed by atoms with Crippen LogP contribution in [-0.4, -0.2) is 56.4 Å². The largest absolute Gasteiger partial charge is 0.378 e. The molecular formula is C14H29ClN2O3. The first-order valence-corrected chi connectivity index (χ1v) is 7.45. The van der Waals surface area contributed by atoms with Gasteiger partial charge in [-0.2, -0.15) is 0 Å². The van der Waals surface area contributed by atoms with E-state index >= 15 is 0 Å². The number of halogens is 1. The molecule has 1 heterocycles. The third-order valence-electron chi connectivity index (χ3n) is 3.36. The maximum Gasteiger partial charge on any atom is 0.248 e. The van der Waals surface area contributed by atoms with Crippen LogP contribution in [0.4, 0.5) is 0 Å². The average molecular weight is 309 g/mol. The maximum absolute atomic E-state index is 11.9. The molecule has 20 heavy (non-hydrogen) atoms. The Bertz CT molecular complexity index is 247. The minimum atomic E-state index is 0. The molecule has 1 fully saturated rings. The van der Waals surface area contributed by atoms with Gasteiger partial charge in [-0.25, -0.2) is 0 Å². The highest BCUT2D eigenvalue weighted by molar-refractivity contribution is 5.85. The van der Waals surface area contributed by atoms with Gasteiger partial charge in [0.25, 0.3) is 0 Å². The van der Waals surface area contributed by atoms with Crippen molar-refractivity contribution in [3.63, 3.8) is 0 Å². The molecule has 0 bridgehead atoms. The Labute approximate surface area is 128 Å². The fourth-order valence-corrected chi connectivity index (χ4v) is 2.10. The molecule has 6 heteroatoms. The molecular weight excluding hydrogens is 280 g/mol. The van der Waals surface area contributed by atoms with E-state index in [2.05, 4.69) is 6.92 Å². The number of piperidine rings is 1. The Morgan fingerprint density at radius 3 is 2.55 bits per heavy atom. The number of nitrogens with zero attached hydrogens (tertiary/aromatic N) is 1. The van der Waals surface area contributed by atoms with Crippen LogP contribution in [0.2, 0.25) is 0 Å². The third kappa shape index (κ3) is 8.04. The predicted octanol–water partition coefficient (Wildman–Crippen LogP) is 1.58. The van der Waals surface area contributed by atoms with Crippen LogP contribution >= 0.6 is 12.4 Å². The quantitative estimate of drug-likeness (QED) is 0.657. The Morgan fingerprint density at radius 1 is 1.25 bits per heavy atom. The zero-order valence-corrected chi connectivity index (χ0v) is 13.3. The lowest BCUT2D eigenvalue weighted by Gasteiger charge is -2.32. The molecule has 1 saturated heterocycles.